The molecule has 3 aromatic rings. The number of carbonyl (C=O) groups is 1. The number of carbonyl (C=O) groups excluding carboxylic acids is 1. The van der Waals surface area contributed by atoms with Crippen molar-refractivity contribution in [1.82, 2.24) is 19.9 Å². The number of nitrogens with zero attached hydrogens (tertiary/aromatic N) is 4. The smallest absolute Gasteiger partial charge is 0.187 e. The van der Waals surface area contributed by atoms with Crippen LogP contribution in [0, 0.1) is 0 Å². The molecule has 1 aromatic heterocycles. The molecule has 1 saturated heterocycles. The lowest BCUT2D eigenvalue weighted by molar-refractivity contribution is -0.113. The van der Waals surface area contributed by atoms with E-state index < -0.39 is 0 Å². The van der Waals surface area contributed by atoms with Crippen LogP contribution in [-0.2, 0) is 28.7 Å². The molecule has 1 aliphatic rings. The molecule has 1 fully saturated rings. The first kappa shape index (κ1) is 28.7. The average Bonchev–Trinajstić information content (AvgIpc) is 3.32. The summed E-state index contributed by atoms with van der Waals surface area (Å²) < 4.78 is 1.93. The minimum Gasteiger partial charge on any atom is -0.289 e. The van der Waals surface area contributed by atoms with E-state index in [1.54, 1.807) is 0 Å². The Morgan fingerprint density at radius 2 is 1.28 bits per heavy atom. The highest BCUT2D eigenvalue weighted by Crippen LogP contribution is 2.27. The average molecular weight is 525 g/mol. The zero-order valence-electron chi connectivity index (χ0n) is 24.8. The van der Waals surface area contributed by atoms with Crippen LogP contribution >= 0.6 is 0 Å². The van der Waals surface area contributed by atoms with Crippen molar-refractivity contribution in [3.63, 3.8) is 0 Å². The summed E-state index contributed by atoms with van der Waals surface area (Å²) in [5, 5.41) is 8.72. The molecule has 1 aliphatic heterocycles. The van der Waals surface area contributed by atoms with Crippen molar-refractivity contribution in [2.24, 2.45) is 0 Å². The molecule has 0 radical (unpaired) electrons. The fraction of sp³-hybridized carbons (Fsp3) is 0.441. The summed E-state index contributed by atoms with van der Waals surface area (Å²) in [6.07, 6.45) is 8.35. The van der Waals surface area contributed by atoms with Crippen molar-refractivity contribution in [2.45, 2.75) is 85.2 Å². The summed E-state index contributed by atoms with van der Waals surface area (Å²) >= 11 is 0. The summed E-state index contributed by atoms with van der Waals surface area (Å²) in [6, 6.07) is 17.1. The molecule has 0 spiro atoms. The number of piperidine rings is 1. The predicted octanol–water partition coefficient (Wildman–Crippen LogP) is 7.23. The molecule has 39 heavy (non-hydrogen) atoms. The van der Waals surface area contributed by atoms with E-state index in [2.05, 4.69) is 124 Å². The Kier molecular flexibility index (Phi) is 8.70. The van der Waals surface area contributed by atoms with Gasteiger partial charge in [-0.15, -0.1) is 5.10 Å². The second kappa shape index (κ2) is 11.8. The van der Waals surface area contributed by atoms with Crippen molar-refractivity contribution in [3.8, 4) is 0 Å². The van der Waals surface area contributed by atoms with E-state index in [1.165, 1.54) is 11.1 Å². The van der Waals surface area contributed by atoms with Gasteiger partial charge in [-0.05, 0) is 51.7 Å². The van der Waals surface area contributed by atoms with Gasteiger partial charge < -0.3 is 0 Å². The van der Waals surface area contributed by atoms with Crippen LogP contribution in [0.3, 0.4) is 0 Å². The number of Topliss-reactive ketones (excluding diaryl/α,β-unsaturated/α-hetero) is 1. The van der Waals surface area contributed by atoms with E-state index in [1.807, 2.05) is 10.9 Å². The fourth-order valence-electron chi connectivity index (χ4n) is 4.85. The minimum atomic E-state index is 0.0934. The summed E-state index contributed by atoms with van der Waals surface area (Å²) in [7, 11) is 0. The second-order valence-corrected chi connectivity index (χ2v) is 12.9. The molecule has 0 atom stereocenters. The molecule has 0 bridgehead atoms. The number of aryl methyl sites for hydroxylation is 1. The molecule has 0 unspecified atom stereocenters. The monoisotopic (exact) mass is 524 g/mol. The van der Waals surface area contributed by atoms with Gasteiger partial charge in [-0.3, -0.25) is 14.4 Å². The Bertz CT molecular complexity index is 1250. The molecular formula is C34H44N4O. The van der Waals surface area contributed by atoms with E-state index in [4.69, 9.17) is 0 Å². The standard InChI is InChI=1S/C34H44N4O/c1-8-9-18-38-24-31(35-36-38)23-37-21-27(19-25-10-14-29(15-11-25)33(2,3)4)32(39)28(22-37)20-26-12-16-30(17-13-26)34(5,6)7/h10-17,19-20,24H,8-9,18,21-23H2,1-7H3. The first-order valence-corrected chi connectivity index (χ1v) is 14.2. The quantitative estimate of drug-likeness (QED) is 0.306. The lowest BCUT2D eigenvalue weighted by Crippen LogP contribution is -2.37. The number of likely N-dealkylation sites (tertiary alicyclic amines) is 1. The Balaban J connectivity index is 1.63. The molecule has 4 rings (SSSR count). The number of ketones is 1. The van der Waals surface area contributed by atoms with Crippen LogP contribution in [0.4, 0.5) is 0 Å². The molecule has 0 amide bonds. The maximum absolute atomic E-state index is 13.7. The lowest BCUT2D eigenvalue weighted by Gasteiger charge is -2.29. The summed E-state index contributed by atoms with van der Waals surface area (Å²) in [4.78, 5) is 16.0. The number of benzene rings is 2. The van der Waals surface area contributed by atoms with Crippen LogP contribution in [0.25, 0.3) is 12.2 Å². The van der Waals surface area contributed by atoms with Crippen LogP contribution in [0.2, 0.25) is 0 Å². The Morgan fingerprint density at radius 1 is 0.795 bits per heavy atom. The van der Waals surface area contributed by atoms with Gasteiger partial charge in [0.05, 0.1) is 5.69 Å². The minimum absolute atomic E-state index is 0.0934. The summed E-state index contributed by atoms with van der Waals surface area (Å²) in [5.41, 5.74) is 7.40. The topological polar surface area (TPSA) is 51.0 Å². The Morgan fingerprint density at radius 3 is 1.72 bits per heavy atom. The molecular weight excluding hydrogens is 480 g/mol. The third kappa shape index (κ3) is 7.63. The molecule has 2 heterocycles. The number of hydrogen-bond acceptors (Lipinski definition) is 4. The van der Waals surface area contributed by atoms with E-state index in [-0.39, 0.29) is 16.6 Å². The predicted molar refractivity (Wildman–Crippen MR) is 161 cm³/mol. The third-order valence-electron chi connectivity index (χ3n) is 7.32. The van der Waals surface area contributed by atoms with Gasteiger partial charge >= 0.3 is 0 Å². The van der Waals surface area contributed by atoms with Gasteiger partial charge in [0.2, 0.25) is 0 Å². The molecule has 2 aromatic carbocycles. The third-order valence-corrected chi connectivity index (χ3v) is 7.32. The summed E-state index contributed by atoms with van der Waals surface area (Å²) in [6.45, 7) is 18.2. The lowest BCUT2D eigenvalue weighted by atomic mass is 9.86. The highest BCUT2D eigenvalue weighted by molar-refractivity contribution is 6.14. The number of unbranched alkanes of at least 4 members (excludes halogenated alkanes) is 1. The van der Waals surface area contributed by atoms with Crippen LogP contribution in [0.1, 0.15) is 89.3 Å². The van der Waals surface area contributed by atoms with Crippen molar-refractivity contribution >= 4 is 17.9 Å². The van der Waals surface area contributed by atoms with Crippen LogP contribution in [-0.4, -0.2) is 38.8 Å². The maximum Gasteiger partial charge on any atom is 0.187 e. The van der Waals surface area contributed by atoms with Gasteiger partial charge in [0.1, 0.15) is 0 Å². The fourth-order valence-corrected chi connectivity index (χ4v) is 4.85. The van der Waals surface area contributed by atoms with Crippen molar-refractivity contribution in [3.05, 3.63) is 93.8 Å². The van der Waals surface area contributed by atoms with E-state index in [0.29, 0.717) is 19.6 Å². The number of aromatic nitrogens is 3. The van der Waals surface area contributed by atoms with E-state index in [0.717, 1.165) is 47.4 Å². The number of hydrogen-bond donors (Lipinski definition) is 0. The first-order chi connectivity index (χ1) is 18.4. The maximum atomic E-state index is 13.7. The zero-order valence-corrected chi connectivity index (χ0v) is 24.8. The highest BCUT2D eigenvalue weighted by atomic mass is 16.1. The molecule has 0 N–H and O–H groups in total. The SMILES string of the molecule is CCCCn1cc(CN2CC(=Cc3ccc(C(C)(C)C)cc3)C(=O)C(=Cc3ccc(C(C)(C)C)cc3)C2)nn1. The van der Waals surface area contributed by atoms with Gasteiger partial charge in [-0.1, -0.05) is 109 Å². The van der Waals surface area contributed by atoms with E-state index in [9.17, 15) is 4.79 Å². The van der Waals surface area contributed by atoms with Gasteiger partial charge in [0.25, 0.3) is 0 Å². The molecule has 0 aliphatic carbocycles. The Hall–Kier alpha value is -3.31. The second-order valence-electron chi connectivity index (χ2n) is 12.9. The molecule has 206 valence electrons. The van der Waals surface area contributed by atoms with Gasteiger partial charge in [-0.2, -0.15) is 0 Å². The van der Waals surface area contributed by atoms with E-state index >= 15 is 0 Å². The molecule has 0 saturated carbocycles. The molecule has 5 nitrogen and oxygen atoms in total. The van der Waals surface area contributed by atoms with Crippen molar-refractivity contribution in [1.29, 1.82) is 0 Å². The van der Waals surface area contributed by atoms with Crippen molar-refractivity contribution < 1.29 is 4.79 Å². The van der Waals surface area contributed by atoms with Crippen LogP contribution in [0.15, 0.2) is 65.9 Å². The normalized spacial score (nSPS) is 17.4. The largest absolute Gasteiger partial charge is 0.289 e. The zero-order chi connectivity index (χ0) is 28.2. The van der Waals surface area contributed by atoms with Crippen molar-refractivity contribution in [2.75, 3.05) is 13.1 Å². The van der Waals surface area contributed by atoms with Crippen LogP contribution in [0.5, 0.6) is 0 Å². The van der Waals surface area contributed by atoms with Crippen LogP contribution < -0.4 is 0 Å². The van der Waals surface area contributed by atoms with Gasteiger partial charge in [-0.25, -0.2) is 0 Å². The van der Waals surface area contributed by atoms with Gasteiger partial charge in [0, 0.05) is 43.5 Å². The van der Waals surface area contributed by atoms with Gasteiger partial charge in [0.15, 0.2) is 5.78 Å². The summed E-state index contributed by atoms with van der Waals surface area (Å²) in [5.74, 6) is 0.123. The first-order valence-electron chi connectivity index (χ1n) is 14.2. The molecule has 5 heteroatoms. The number of rotatable bonds is 7. The Labute approximate surface area is 234 Å². The highest BCUT2D eigenvalue weighted by Gasteiger charge is 2.27.